The summed E-state index contributed by atoms with van der Waals surface area (Å²) in [7, 11) is 0. The van der Waals surface area contributed by atoms with Gasteiger partial charge < -0.3 is 16.3 Å². The normalized spacial score (nSPS) is 10.7. The van der Waals surface area contributed by atoms with Crippen molar-refractivity contribution >= 4 is 5.96 Å². The molecular formula is C6H15N3O. The Morgan fingerprint density at radius 1 is 1.40 bits per heavy atom. The van der Waals surface area contributed by atoms with Crippen LogP contribution in [-0.2, 0) is 4.84 Å². The molecule has 4 nitrogen and oxygen atoms in total. The summed E-state index contributed by atoms with van der Waals surface area (Å²) < 4.78 is 0. The Balaban J connectivity index is 3.47. The Morgan fingerprint density at radius 2 is 1.90 bits per heavy atom. The van der Waals surface area contributed by atoms with Crippen LogP contribution in [0.2, 0.25) is 0 Å². The second-order valence-electron chi connectivity index (χ2n) is 3.35. The Bertz CT molecular complexity index is 121. The van der Waals surface area contributed by atoms with Gasteiger partial charge in [0, 0.05) is 0 Å². The summed E-state index contributed by atoms with van der Waals surface area (Å²) in [6.07, 6.45) is 0. The summed E-state index contributed by atoms with van der Waals surface area (Å²) in [5, 5.41) is 3.38. The van der Waals surface area contributed by atoms with E-state index in [1.54, 1.807) is 0 Å². The smallest absolute Gasteiger partial charge is 0.228 e. The standard InChI is InChI=1S/C6H15N3O/c1-6(2,3)4-10-9-5(7)8/h4H2,1-3H3,(H4,7,8,9). The molecule has 0 spiro atoms. The molecule has 0 unspecified atom stereocenters. The van der Waals surface area contributed by atoms with Gasteiger partial charge in [0.2, 0.25) is 5.96 Å². The van der Waals surface area contributed by atoms with Gasteiger partial charge in [-0.1, -0.05) is 20.8 Å². The minimum atomic E-state index is -0.0377. The van der Waals surface area contributed by atoms with Crippen molar-refractivity contribution in [3.63, 3.8) is 0 Å². The second kappa shape index (κ2) is 3.29. The zero-order valence-electron chi connectivity index (χ0n) is 6.72. The first-order valence-electron chi connectivity index (χ1n) is 3.13. The van der Waals surface area contributed by atoms with Crippen molar-refractivity contribution in [1.29, 1.82) is 0 Å². The van der Waals surface area contributed by atoms with Crippen molar-refractivity contribution < 1.29 is 4.84 Å². The van der Waals surface area contributed by atoms with Crippen molar-refractivity contribution in [3.8, 4) is 0 Å². The molecule has 0 aromatic rings. The number of hydrogen-bond acceptors (Lipinski definition) is 2. The first-order valence-corrected chi connectivity index (χ1v) is 3.13. The molecule has 0 saturated heterocycles. The molecule has 0 amide bonds. The molecule has 0 saturated carbocycles. The third-order valence-corrected chi connectivity index (χ3v) is 0.668. The summed E-state index contributed by atoms with van der Waals surface area (Å²) in [4.78, 5) is 4.80. The van der Waals surface area contributed by atoms with Crippen LogP contribution in [0.5, 0.6) is 0 Å². The van der Waals surface area contributed by atoms with Crippen LogP contribution >= 0.6 is 0 Å². The van der Waals surface area contributed by atoms with E-state index in [9.17, 15) is 0 Å². The Hall–Kier alpha value is -0.930. The molecular weight excluding hydrogens is 130 g/mol. The zero-order valence-corrected chi connectivity index (χ0v) is 6.72. The summed E-state index contributed by atoms with van der Waals surface area (Å²) in [6, 6.07) is 0. The minimum absolute atomic E-state index is 0.0377. The number of nitrogens with two attached hydrogens (primary N) is 2. The fraction of sp³-hybridized carbons (Fsp3) is 0.833. The summed E-state index contributed by atoms with van der Waals surface area (Å²) >= 11 is 0. The molecule has 0 bridgehead atoms. The third-order valence-electron chi connectivity index (χ3n) is 0.668. The Morgan fingerprint density at radius 3 is 2.20 bits per heavy atom. The molecule has 0 radical (unpaired) electrons. The molecule has 0 atom stereocenters. The van der Waals surface area contributed by atoms with E-state index >= 15 is 0 Å². The number of guanidine groups is 1. The van der Waals surface area contributed by atoms with Crippen molar-refractivity contribution in [2.75, 3.05) is 6.61 Å². The van der Waals surface area contributed by atoms with Crippen LogP contribution in [0.25, 0.3) is 0 Å². The van der Waals surface area contributed by atoms with Crippen molar-refractivity contribution in [3.05, 3.63) is 0 Å². The van der Waals surface area contributed by atoms with Gasteiger partial charge in [0.15, 0.2) is 0 Å². The van der Waals surface area contributed by atoms with Crippen LogP contribution in [0.1, 0.15) is 20.8 Å². The largest absolute Gasteiger partial charge is 0.392 e. The molecule has 0 aliphatic rings. The highest BCUT2D eigenvalue weighted by Crippen LogP contribution is 2.12. The fourth-order valence-corrected chi connectivity index (χ4v) is 0.300. The highest BCUT2D eigenvalue weighted by Gasteiger charge is 2.09. The maximum absolute atomic E-state index is 5.02. The number of rotatable bonds is 2. The van der Waals surface area contributed by atoms with Crippen molar-refractivity contribution in [2.24, 2.45) is 22.0 Å². The van der Waals surface area contributed by atoms with Crippen molar-refractivity contribution in [2.45, 2.75) is 20.8 Å². The lowest BCUT2D eigenvalue weighted by molar-refractivity contribution is 0.0766. The maximum Gasteiger partial charge on any atom is 0.228 e. The summed E-state index contributed by atoms with van der Waals surface area (Å²) in [6.45, 7) is 6.63. The van der Waals surface area contributed by atoms with E-state index in [0.29, 0.717) is 6.61 Å². The van der Waals surface area contributed by atoms with Gasteiger partial charge in [0.05, 0.1) is 0 Å². The van der Waals surface area contributed by atoms with Gasteiger partial charge in [0.25, 0.3) is 0 Å². The van der Waals surface area contributed by atoms with Gasteiger partial charge in [-0.25, -0.2) is 0 Å². The number of nitrogens with zero attached hydrogens (tertiary/aromatic N) is 1. The lowest BCUT2D eigenvalue weighted by Gasteiger charge is -2.15. The van der Waals surface area contributed by atoms with Gasteiger partial charge in [-0.2, -0.15) is 0 Å². The number of oxime groups is 1. The molecule has 0 rings (SSSR count). The average Bonchev–Trinajstić information content (AvgIpc) is 1.59. The Kier molecular flexibility index (Phi) is 2.99. The predicted molar refractivity (Wildman–Crippen MR) is 41.2 cm³/mol. The molecule has 0 heterocycles. The van der Waals surface area contributed by atoms with Crippen LogP contribution in [0, 0.1) is 5.41 Å². The summed E-state index contributed by atoms with van der Waals surface area (Å²) in [5.74, 6) is -0.0377. The maximum atomic E-state index is 5.02. The topological polar surface area (TPSA) is 73.6 Å². The van der Waals surface area contributed by atoms with E-state index < -0.39 is 0 Å². The number of hydrogen-bond donors (Lipinski definition) is 2. The van der Waals surface area contributed by atoms with E-state index in [1.807, 2.05) is 20.8 Å². The Labute approximate surface area is 61.2 Å². The van der Waals surface area contributed by atoms with Crippen molar-refractivity contribution in [1.82, 2.24) is 0 Å². The van der Waals surface area contributed by atoms with Crippen LogP contribution in [0.15, 0.2) is 5.16 Å². The lowest BCUT2D eigenvalue weighted by Crippen LogP contribution is -2.24. The van der Waals surface area contributed by atoms with Gasteiger partial charge in [-0.3, -0.25) is 0 Å². The molecule has 4 heteroatoms. The molecule has 10 heavy (non-hydrogen) atoms. The first kappa shape index (κ1) is 9.07. The molecule has 0 aromatic carbocycles. The molecule has 60 valence electrons. The van der Waals surface area contributed by atoms with Crippen LogP contribution in [0.3, 0.4) is 0 Å². The fourth-order valence-electron chi connectivity index (χ4n) is 0.300. The van der Waals surface area contributed by atoms with Crippen LogP contribution < -0.4 is 11.5 Å². The van der Waals surface area contributed by atoms with Crippen LogP contribution in [0.4, 0.5) is 0 Å². The van der Waals surface area contributed by atoms with Gasteiger partial charge in [-0.15, -0.1) is 0 Å². The quantitative estimate of drug-likeness (QED) is 0.332. The minimum Gasteiger partial charge on any atom is -0.392 e. The second-order valence-corrected chi connectivity index (χ2v) is 3.35. The zero-order chi connectivity index (χ0) is 8.20. The predicted octanol–water partition coefficient (Wildman–Crippen LogP) is 0.238. The highest BCUT2D eigenvalue weighted by atomic mass is 16.6. The van der Waals surface area contributed by atoms with E-state index in [4.69, 9.17) is 16.3 Å². The molecule has 4 N–H and O–H groups in total. The molecule has 0 aromatic heterocycles. The lowest BCUT2D eigenvalue weighted by atomic mass is 9.99. The van der Waals surface area contributed by atoms with Gasteiger partial charge in [0.1, 0.15) is 6.61 Å². The van der Waals surface area contributed by atoms with Crippen LogP contribution in [-0.4, -0.2) is 12.6 Å². The molecule has 0 fully saturated rings. The molecule has 0 aliphatic heterocycles. The van der Waals surface area contributed by atoms with E-state index in [2.05, 4.69) is 5.16 Å². The SMILES string of the molecule is CC(C)(C)CON=C(N)N. The summed E-state index contributed by atoms with van der Waals surface area (Å²) in [5.41, 5.74) is 10.1. The van der Waals surface area contributed by atoms with Gasteiger partial charge in [-0.05, 0) is 10.6 Å². The first-order chi connectivity index (χ1) is 4.42. The third kappa shape index (κ3) is 7.07. The highest BCUT2D eigenvalue weighted by molar-refractivity contribution is 5.74. The van der Waals surface area contributed by atoms with E-state index in [-0.39, 0.29) is 11.4 Å². The van der Waals surface area contributed by atoms with E-state index in [1.165, 1.54) is 0 Å². The molecule has 0 aliphatic carbocycles. The van der Waals surface area contributed by atoms with Gasteiger partial charge >= 0.3 is 0 Å². The monoisotopic (exact) mass is 145 g/mol. The average molecular weight is 145 g/mol. The van der Waals surface area contributed by atoms with E-state index in [0.717, 1.165) is 0 Å².